The summed E-state index contributed by atoms with van der Waals surface area (Å²) in [6, 6.07) is 1.65. The molecule has 9 heteroatoms. The van der Waals surface area contributed by atoms with Crippen molar-refractivity contribution < 1.29 is 9.90 Å². The Hall–Kier alpha value is -2.68. The van der Waals surface area contributed by atoms with Crippen molar-refractivity contribution in [2.24, 2.45) is 0 Å². The summed E-state index contributed by atoms with van der Waals surface area (Å²) in [6.07, 6.45) is 7.69. The number of aryl methyl sites for hydroxylation is 1. The maximum Gasteiger partial charge on any atom is 0.244 e. The molecule has 2 aliphatic carbocycles. The molecule has 5 rings (SSSR count). The van der Waals surface area contributed by atoms with Crippen LogP contribution in [0.2, 0.25) is 0 Å². The smallest absolute Gasteiger partial charge is 0.244 e. The van der Waals surface area contributed by atoms with Crippen molar-refractivity contribution in [1.29, 1.82) is 0 Å². The van der Waals surface area contributed by atoms with Gasteiger partial charge in [-0.25, -0.2) is 4.98 Å². The molecule has 2 atom stereocenters. The number of hydrogen-bond acceptors (Lipinski definition) is 7. The summed E-state index contributed by atoms with van der Waals surface area (Å²) in [7, 11) is 3.47. The number of amides is 1. The molecule has 31 heavy (non-hydrogen) atoms. The third kappa shape index (κ3) is 3.86. The van der Waals surface area contributed by atoms with E-state index in [0.717, 1.165) is 42.2 Å². The summed E-state index contributed by atoms with van der Waals surface area (Å²) in [4.78, 5) is 25.7. The zero-order valence-electron chi connectivity index (χ0n) is 18.3. The number of aliphatic hydroxyl groups excluding tert-OH is 1. The minimum Gasteiger partial charge on any atom is -0.391 e. The standard InChI is InChI=1S/C22H31N7O2/c1-28(2)21(31)18-10-14(30)12-29(18)22-23-16-9-5-8-15(16)20(25-22)24-19-11-17(26-27-19)13-6-3-4-7-13/h11,13-14,18,30H,3-10,12H2,1-2H3,(H2,23,24,25,26,27)/t14-,18?/m1/s1. The third-order valence-corrected chi connectivity index (χ3v) is 6.82. The van der Waals surface area contributed by atoms with Crippen molar-refractivity contribution >= 4 is 23.5 Å². The average molecular weight is 426 g/mol. The van der Waals surface area contributed by atoms with Crippen LogP contribution in [0.3, 0.4) is 0 Å². The lowest BCUT2D eigenvalue weighted by atomic mass is 10.0. The van der Waals surface area contributed by atoms with Gasteiger partial charge in [0.2, 0.25) is 11.9 Å². The van der Waals surface area contributed by atoms with Gasteiger partial charge < -0.3 is 20.2 Å². The van der Waals surface area contributed by atoms with E-state index in [4.69, 9.17) is 9.97 Å². The number of fused-ring (bicyclic) bond motifs is 1. The van der Waals surface area contributed by atoms with Gasteiger partial charge in [0.25, 0.3) is 0 Å². The molecular weight excluding hydrogens is 394 g/mol. The maximum absolute atomic E-state index is 12.7. The molecule has 2 fully saturated rings. The molecule has 166 valence electrons. The summed E-state index contributed by atoms with van der Waals surface area (Å²) in [5, 5.41) is 21.4. The third-order valence-electron chi connectivity index (χ3n) is 6.82. The minimum absolute atomic E-state index is 0.0383. The molecule has 1 amide bonds. The lowest BCUT2D eigenvalue weighted by Gasteiger charge is -2.26. The highest BCUT2D eigenvalue weighted by Crippen LogP contribution is 2.35. The van der Waals surface area contributed by atoms with Crippen LogP contribution in [0.4, 0.5) is 17.6 Å². The van der Waals surface area contributed by atoms with Gasteiger partial charge in [0.05, 0.1) is 11.8 Å². The van der Waals surface area contributed by atoms with Gasteiger partial charge in [-0.3, -0.25) is 9.89 Å². The number of likely N-dealkylation sites (N-methyl/N-ethyl adjacent to an activating group) is 1. The molecule has 9 nitrogen and oxygen atoms in total. The van der Waals surface area contributed by atoms with Crippen molar-refractivity contribution in [3.63, 3.8) is 0 Å². The van der Waals surface area contributed by atoms with E-state index in [1.807, 2.05) is 4.90 Å². The second kappa shape index (κ2) is 8.11. The summed E-state index contributed by atoms with van der Waals surface area (Å²) in [5.74, 6) is 2.57. The minimum atomic E-state index is -0.567. The Morgan fingerprint density at radius 2 is 2.03 bits per heavy atom. The van der Waals surface area contributed by atoms with Crippen molar-refractivity contribution in [2.45, 2.75) is 69.4 Å². The first kappa shape index (κ1) is 20.2. The van der Waals surface area contributed by atoms with E-state index < -0.39 is 12.1 Å². The van der Waals surface area contributed by atoms with Crippen LogP contribution in [0.1, 0.15) is 61.4 Å². The van der Waals surface area contributed by atoms with E-state index in [1.165, 1.54) is 31.4 Å². The van der Waals surface area contributed by atoms with E-state index in [0.29, 0.717) is 24.8 Å². The summed E-state index contributed by atoms with van der Waals surface area (Å²) < 4.78 is 0. The van der Waals surface area contributed by atoms with Gasteiger partial charge in [-0.15, -0.1) is 0 Å². The molecule has 0 aromatic carbocycles. The number of anilines is 3. The zero-order chi connectivity index (χ0) is 21.5. The fourth-order valence-corrected chi connectivity index (χ4v) is 5.19. The van der Waals surface area contributed by atoms with Crippen LogP contribution in [-0.2, 0) is 17.6 Å². The number of aliphatic hydroxyl groups is 1. The molecular formula is C22H31N7O2. The lowest BCUT2D eigenvalue weighted by Crippen LogP contribution is -2.43. The number of nitrogens with zero attached hydrogens (tertiary/aromatic N) is 5. The van der Waals surface area contributed by atoms with Crippen molar-refractivity contribution in [3.8, 4) is 0 Å². The highest BCUT2D eigenvalue weighted by molar-refractivity contribution is 5.85. The Balaban J connectivity index is 1.44. The van der Waals surface area contributed by atoms with Crippen molar-refractivity contribution in [1.82, 2.24) is 25.1 Å². The van der Waals surface area contributed by atoms with E-state index in [2.05, 4.69) is 21.6 Å². The van der Waals surface area contributed by atoms with Crippen molar-refractivity contribution in [3.05, 3.63) is 23.0 Å². The lowest BCUT2D eigenvalue weighted by molar-refractivity contribution is -0.130. The number of carbonyl (C=O) groups is 1. The maximum atomic E-state index is 12.7. The molecule has 1 saturated carbocycles. The topological polar surface area (TPSA) is 110 Å². The molecule has 2 aromatic heterocycles. The number of aromatic nitrogens is 4. The van der Waals surface area contributed by atoms with Crippen LogP contribution < -0.4 is 10.2 Å². The second-order valence-corrected chi connectivity index (χ2v) is 9.26. The predicted molar refractivity (Wildman–Crippen MR) is 118 cm³/mol. The van der Waals surface area contributed by atoms with E-state index in [-0.39, 0.29) is 5.91 Å². The van der Waals surface area contributed by atoms with Crippen LogP contribution in [0.25, 0.3) is 0 Å². The SMILES string of the molecule is CN(C)C(=O)C1C[C@@H](O)CN1c1nc2c(c(Nc3cc(C4CCCC4)[nH]n3)n1)CCC2. The number of rotatable bonds is 5. The van der Waals surface area contributed by atoms with Gasteiger partial charge in [0.1, 0.15) is 11.9 Å². The van der Waals surface area contributed by atoms with Crippen LogP contribution in [0.5, 0.6) is 0 Å². The molecule has 1 saturated heterocycles. The molecule has 2 aromatic rings. The van der Waals surface area contributed by atoms with Gasteiger partial charge >= 0.3 is 0 Å². The molecule has 3 aliphatic rings. The first-order valence-electron chi connectivity index (χ1n) is 11.4. The molecule has 0 bridgehead atoms. The summed E-state index contributed by atoms with van der Waals surface area (Å²) in [5.41, 5.74) is 3.34. The number of carbonyl (C=O) groups excluding carboxylic acids is 1. The molecule has 1 unspecified atom stereocenters. The van der Waals surface area contributed by atoms with E-state index >= 15 is 0 Å². The summed E-state index contributed by atoms with van der Waals surface area (Å²) >= 11 is 0. The fourth-order valence-electron chi connectivity index (χ4n) is 5.19. The number of H-pyrrole nitrogens is 1. The number of hydrogen-bond donors (Lipinski definition) is 3. The summed E-state index contributed by atoms with van der Waals surface area (Å²) in [6.45, 7) is 0.358. The monoisotopic (exact) mass is 425 g/mol. The Bertz CT molecular complexity index is 967. The molecule has 3 N–H and O–H groups in total. The van der Waals surface area contributed by atoms with Gasteiger partial charge in [-0.05, 0) is 32.1 Å². The van der Waals surface area contributed by atoms with E-state index in [9.17, 15) is 9.90 Å². The average Bonchev–Trinajstić information content (AvgIpc) is 3.52. The molecule has 0 radical (unpaired) electrons. The highest BCUT2D eigenvalue weighted by atomic mass is 16.3. The van der Waals surface area contributed by atoms with Crippen LogP contribution in [0, 0.1) is 0 Å². The second-order valence-electron chi connectivity index (χ2n) is 9.26. The van der Waals surface area contributed by atoms with Gasteiger partial charge in [0.15, 0.2) is 5.82 Å². The van der Waals surface area contributed by atoms with Gasteiger partial charge in [0, 0.05) is 50.3 Å². The van der Waals surface area contributed by atoms with Gasteiger partial charge in [-0.1, -0.05) is 12.8 Å². The fraction of sp³-hybridized carbons (Fsp3) is 0.636. The quantitative estimate of drug-likeness (QED) is 0.673. The first-order chi connectivity index (χ1) is 15.0. The zero-order valence-corrected chi connectivity index (χ0v) is 18.3. The number of β-amino-alcohol motifs (C(OH)–C–C–N with tert-alkyl or cyclic N) is 1. The Morgan fingerprint density at radius 3 is 2.81 bits per heavy atom. The van der Waals surface area contributed by atoms with Gasteiger partial charge in [-0.2, -0.15) is 10.1 Å². The highest BCUT2D eigenvalue weighted by Gasteiger charge is 2.39. The largest absolute Gasteiger partial charge is 0.391 e. The van der Waals surface area contributed by atoms with Crippen LogP contribution >= 0.6 is 0 Å². The predicted octanol–water partition coefficient (Wildman–Crippen LogP) is 2.12. The van der Waals surface area contributed by atoms with E-state index in [1.54, 1.807) is 19.0 Å². The van der Waals surface area contributed by atoms with Crippen LogP contribution in [-0.4, -0.2) is 68.9 Å². The normalized spacial score (nSPS) is 23.4. The van der Waals surface area contributed by atoms with Crippen LogP contribution in [0.15, 0.2) is 6.07 Å². The molecule has 3 heterocycles. The number of nitrogens with one attached hydrogen (secondary N) is 2. The van der Waals surface area contributed by atoms with Crippen molar-refractivity contribution in [2.75, 3.05) is 30.9 Å². The Kier molecular flexibility index (Phi) is 5.29. The Labute approximate surface area is 182 Å². The molecule has 0 spiro atoms. The Morgan fingerprint density at radius 1 is 1.23 bits per heavy atom. The first-order valence-corrected chi connectivity index (χ1v) is 11.4. The molecule has 1 aliphatic heterocycles. The number of aromatic amines is 1.